The van der Waals surface area contributed by atoms with Crippen LogP contribution in [0, 0.1) is 0 Å². The van der Waals surface area contributed by atoms with Crippen molar-refractivity contribution in [2.24, 2.45) is 14.1 Å². The number of rotatable bonds is 4. The lowest BCUT2D eigenvalue weighted by Crippen LogP contribution is -2.37. The summed E-state index contributed by atoms with van der Waals surface area (Å²) in [5, 5.41) is 9.99. The van der Waals surface area contributed by atoms with E-state index >= 15 is 0 Å². The maximum Gasteiger partial charge on any atom is 0.353 e. The van der Waals surface area contributed by atoms with Crippen LogP contribution in [0.5, 0.6) is 5.88 Å². The quantitative estimate of drug-likeness (QED) is 0.819. The Morgan fingerprint density at radius 3 is 2.74 bits per heavy atom. The number of carbonyl (C=O) groups is 1. The summed E-state index contributed by atoms with van der Waals surface area (Å²) in [6, 6.07) is 0. The molecule has 0 unspecified atom stereocenters. The van der Waals surface area contributed by atoms with Crippen molar-refractivity contribution in [1.29, 1.82) is 0 Å². The van der Waals surface area contributed by atoms with Crippen LogP contribution < -0.4 is 11.2 Å². The lowest BCUT2D eigenvalue weighted by Gasteiger charge is -2.02. The average molecular weight is 337 g/mol. The molecule has 0 aliphatic heterocycles. The molecule has 8 nitrogen and oxygen atoms in total. The van der Waals surface area contributed by atoms with Crippen LogP contribution in [-0.2, 0) is 18.8 Å². The van der Waals surface area contributed by atoms with Crippen LogP contribution in [0.2, 0.25) is 0 Å². The molecule has 0 bridgehead atoms. The highest BCUT2D eigenvalue weighted by atomic mass is 32.1. The molecule has 0 fully saturated rings. The van der Waals surface area contributed by atoms with Crippen molar-refractivity contribution in [1.82, 2.24) is 14.1 Å². The number of aromatic nitrogens is 3. The molecule has 0 aromatic carbocycles. The third-order valence-corrected chi connectivity index (χ3v) is 3.95. The van der Waals surface area contributed by atoms with Crippen LogP contribution in [0.25, 0.3) is 12.2 Å². The van der Waals surface area contributed by atoms with Gasteiger partial charge in [0.05, 0.1) is 12.2 Å². The van der Waals surface area contributed by atoms with Crippen molar-refractivity contribution >= 4 is 29.5 Å². The molecule has 122 valence electrons. The van der Waals surface area contributed by atoms with Gasteiger partial charge >= 0.3 is 11.7 Å². The van der Waals surface area contributed by atoms with E-state index in [1.165, 1.54) is 37.0 Å². The van der Waals surface area contributed by atoms with Crippen molar-refractivity contribution in [2.45, 2.75) is 6.92 Å². The van der Waals surface area contributed by atoms with E-state index in [4.69, 9.17) is 4.74 Å². The number of hydrogen-bond donors (Lipinski definition) is 1. The maximum absolute atomic E-state index is 12.0. The highest BCUT2D eigenvalue weighted by Gasteiger charge is 2.17. The van der Waals surface area contributed by atoms with E-state index in [0.29, 0.717) is 5.01 Å². The molecule has 0 spiro atoms. The summed E-state index contributed by atoms with van der Waals surface area (Å²) in [5.41, 5.74) is -0.596. The predicted molar refractivity (Wildman–Crippen MR) is 85.6 cm³/mol. The minimum absolute atomic E-state index is 0.000126. The number of ether oxygens (including phenoxy) is 1. The maximum atomic E-state index is 12.0. The van der Waals surface area contributed by atoms with Crippen LogP contribution in [0.15, 0.2) is 15.8 Å². The minimum atomic E-state index is -0.653. The Hall–Kier alpha value is -2.68. The monoisotopic (exact) mass is 337 g/mol. The SMILES string of the molecule is CCOC(=O)c1sc(/C=C/c2cn(C)c(=O)n(C)c2=O)nc1O. The molecule has 2 aromatic rings. The second-order valence-corrected chi connectivity index (χ2v) is 5.63. The van der Waals surface area contributed by atoms with E-state index in [0.717, 1.165) is 15.9 Å². The van der Waals surface area contributed by atoms with E-state index in [-0.39, 0.29) is 17.0 Å². The van der Waals surface area contributed by atoms with Gasteiger partial charge in [0.15, 0.2) is 4.88 Å². The van der Waals surface area contributed by atoms with Gasteiger partial charge in [-0.15, -0.1) is 11.3 Å². The molecule has 2 heterocycles. The van der Waals surface area contributed by atoms with Gasteiger partial charge in [0.1, 0.15) is 5.01 Å². The molecular formula is C14H15N3O5S. The normalized spacial score (nSPS) is 11.1. The summed E-state index contributed by atoms with van der Waals surface area (Å²) in [5.74, 6) is -1.07. The number of thiazole rings is 1. The Labute approximate surface area is 134 Å². The predicted octanol–water partition coefficient (Wildman–Crippen LogP) is 0.593. The number of aromatic hydroxyl groups is 1. The summed E-state index contributed by atoms with van der Waals surface area (Å²) in [4.78, 5) is 39.0. The van der Waals surface area contributed by atoms with E-state index in [2.05, 4.69) is 4.98 Å². The van der Waals surface area contributed by atoms with Gasteiger partial charge < -0.3 is 14.4 Å². The molecule has 0 aliphatic rings. The zero-order valence-electron chi connectivity index (χ0n) is 12.8. The molecule has 23 heavy (non-hydrogen) atoms. The molecule has 2 rings (SSSR count). The Bertz CT molecular complexity index is 891. The third-order valence-electron chi connectivity index (χ3n) is 2.97. The van der Waals surface area contributed by atoms with Gasteiger partial charge in [0.25, 0.3) is 5.56 Å². The first-order chi connectivity index (χ1) is 10.8. The molecule has 0 atom stereocenters. The van der Waals surface area contributed by atoms with Crippen molar-refractivity contribution < 1.29 is 14.6 Å². The number of aryl methyl sites for hydroxylation is 1. The minimum Gasteiger partial charge on any atom is -0.492 e. The second kappa shape index (κ2) is 6.61. The summed E-state index contributed by atoms with van der Waals surface area (Å²) in [6.45, 7) is 1.85. The van der Waals surface area contributed by atoms with Crippen molar-refractivity contribution in [3.8, 4) is 5.88 Å². The van der Waals surface area contributed by atoms with Crippen LogP contribution in [-0.4, -0.2) is 31.8 Å². The van der Waals surface area contributed by atoms with Crippen molar-refractivity contribution in [2.75, 3.05) is 6.61 Å². The average Bonchev–Trinajstić information content (AvgIpc) is 2.89. The van der Waals surface area contributed by atoms with E-state index in [9.17, 15) is 19.5 Å². The van der Waals surface area contributed by atoms with E-state index < -0.39 is 23.1 Å². The summed E-state index contributed by atoms with van der Waals surface area (Å²) < 4.78 is 7.08. The van der Waals surface area contributed by atoms with Crippen LogP contribution >= 0.6 is 11.3 Å². The molecule has 0 radical (unpaired) electrons. The van der Waals surface area contributed by atoms with Gasteiger partial charge in [0, 0.05) is 20.3 Å². The summed E-state index contributed by atoms with van der Waals surface area (Å²) in [6.07, 6.45) is 4.35. The van der Waals surface area contributed by atoms with Crippen LogP contribution in [0.1, 0.15) is 27.2 Å². The summed E-state index contributed by atoms with van der Waals surface area (Å²) in [7, 11) is 2.92. The van der Waals surface area contributed by atoms with Gasteiger partial charge in [0.2, 0.25) is 5.88 Å². The zero-order valence-corrected chi connectivity index (χ0v) is 13.6. The molecule has 0 saturated heterocycles. The second-order valence-electron chi connectivity index (χ2n) is 4.60. The summed E-state index contributed by atoms with van der Waals surface area (Å²) >= 11 is 0.944. The van der Waals surface area contributed by atoms with Crippen LogP contribution in [0.4, 0.5) is 0 Å². The highest BCUT2D eigenvalue weighted by molar-refractivity contribution is 7.14. The fourth-order valence-corrected chi connectivity index (χ4v) is 2.60. The third kappa shape index (κ3) is 3.39. The Morgan fingerprint density at radius 1 is 1.39 bits per heavy atom. The Kier molecular flexibility index (Phi) is 4.80. The number of nitrogens with zero attached hydrogens (tertiary/aromatic N) is 3. The Balaban J connectivity index is 2.35. The molecular weight excluding hydrogens is 322 g/mol. The lowest BCUT2D eigenvalue weighted by molar-refractivity contribution is 0.0528. The van der Waals surface area contributed by atoms with Gasteiger partial charge in [-0.1, -0.05) is 0 Å². The standard InChI is InChI=1S/C14H15N3O5S/c1-4-22-13(20)10-11(18)15-9(23-10)6-5-8-7-16(2)14(21)17(3)12(8)19/h5-7,18H,4H2,1-3H3/b6-5+. The topological polar surface area (TPSA) is 103 Å². The molecule has 0 saturated carbocycles. The smallest absolute Gasteiger partial charge is 0.353 e. The fourth-order valence-electron chi connectivity index (χ4n) is 1.84. The van der Waals surface area contributed by atoms with Gasteiger partial charge in [-0.25, -0.2) is 14.6 Å². The van der Waals surface area contributed by atoms with Gasteiger partial charge in [-0.3, -0.25) is 9.36 Å². The molecule has 0 aliphatic carbocycles. The zero-order chi connectivity index (χ0) is 17.1. The molecule has 0 amide bonds. The van der Waals surface area contributed by atoms with Gasteiger partial charge in [-0.2, -0.15) is 0 Å². The number of esters is 1. The number of carbonyl (C=O) groups excluding carboxylic acids is 1. The fraction of sp³-hybridized carbons (Fsp3) is 0.286. The molecule has 1 N–H and O–H groups in total. The van der Waals surface area contributed by atoms with Crippen molar-refractivity contribution in [3.05, 3.63) is 42.5 Å². The van der Waals surface area contributed by atoms with Gasteiger partial charge in [-0.05, 0) is 19.1 Å². The van der Waals surface area contributed by atoms with Crippen molar-refractivity contribution in [3.63, 3.8) is 0 Å². The first kappa shape index (κ1) is 16.7. The highest BCUT2D eigenvalue weighted by Crippen LogP contribution is 2.26. The lowest BCUT2D eigenvalue weighted by atomic mass is 10.3. The molecule has 9 heteroatoms. The van der Waals surface area contributed by atoms with Crippen LogP contribution in [0.3, 0.4) is 0 Å². The number of hydrogen-bond acceptors (Lipinski definition) is 7. The first-order valence-corrected chi connectivity index (χ1v) is 7.48. The molecule has 2 aromatic heterocycles. The largest absolute Gasteiger partial charge is 0.492 e. The van der Waals surface area contributed by atoms with E-state index in [1.807, 2.05) is 0 Å². The Morgan fingerprint density at radius 2 is 2.09 bits per heavy atom. The first-order valence-electron chi connectivity index (χ1n) is 6.66. The van der Waals surface area contributed by atoms with E-state index in [1.54, 1.807) is 6.92 Å².